The van der Waals surface area contributed by atoms with Crippen LogP contribution in [0.2, 0.25) is 0 Å². The molecule has 0 aliphatic heterocycles. The molecule has 0 aliphatic rings. The van der Waals surface area contributed by atoms with Crippen LogP contribution in [0.1, 0.15) is 29.9 Å². The minimum Gasteiger partial charge on any atom is -0.494 e. The lowest BCUT2D eigenvalue weighted by molar-refractivity contribution is 0.111. The van der Waals surface area contributed by atoms with Crippen molar-refractivity contribution in [2.45, 2.75) is 20.3 Å². The highest BCUT2D eigenvalue weighted by atomic mass is 32.1. The van der Waals surface area contributed by atoms with E-state index in [1.165, 1.54) is 11.3 Å². The lowest BCUT2D eigenvalue weighted by atomic mass is 10.0. The van der Waals surface area contributed by atoms with Gasteiger partial charge in [-0.2, -0.15) is 0 Å². The third kappa shape index (κ3) is 2.34. The van der Waals surface area contributed by atoms with E-state index in [9.17, 15) is 4.79 Å². The number of hydrogen-bond acceptors (Lipinski definition) is 4. The van der Waals surface area contributed by atoms with Crippen molar-refractivity contribution in [3.63, 3.8) is 0 Å². The molecular formula is C16H16N2O2S. The Labute approximate surface area is 127 Å². The molecule has 2 heterocycles. The summed E-state index contributed by atoms with van der Waals surface area (Å²) >= 11 is 1.52. The number of hydrogen-bond donors (Lipinski definition) is 0. The molecule has 0 saturated heterocycles. The van der Waals surface area contributed by atoms with Crippen molar-refractivity contribution in [1.82, 2.24) is 9.38 Å². The first-order chi connectivity index (χ1) is 10.3. The summed E-state index contributed by atoms with van der Waals surface area (Å²) in [6.45, 7) is 4.71. The van der Waals surface area contributed by atoms with E-state index >= 15 is 0 Å². The van der Waals surface area contributed by atoms with Crippen molar-refractivity contribution in [3.05, 3.63) is 41.0 Å². The van der Waals surface area contributed by atoms with Crippen molar-refractivity contribution in [1.29, 1.82) is 0 Å². The zero-order valence-corrected chi connectivity index (χ0v) is 12.8. The average molecular weight is 300 g/mol. The van der Waals surface area contributed by atoms with Crippen LogP contribution in [0.5, 0.6) is 5.75 Å². The summed E-state index contributed by atoms with van der Waals surface area (Å²) in [5.74, 6) is 0.900. The number of aldehydes is 1. The van der Waals surface area contributed by atoms with E-state index in [4.69, 9.17) is 4.74 Å². The zero-order valence-electron chi connectivity index (χ0n) is 12.0. The highest BCUT2D eigenvalue weighted by Gasteiger charge is 2.15. The topological polar surface area (TPSA) is 43.6 Å². The number of fused-ring (bicyclic) bond motifs is 1. The molecule has 21 heavy (non-hydrogen) atoms. The highest BCUT2D eigenvalue weighted by molar-refractivity contribution is 7.15. The zero-order chi connectivity index (χ0) is 14.8. The molecule has 4 nitrogen and oxygen atoms in total. The Hall–Kier alpha value is -2.14. The van der Waals surface area contributed by atoms with E-state index in [0.717, 1.165) is 40.2 Å². The van der Waals surface area contributed by atoms with Crippen molar-refractivity contribution in [3.8, 4) is 17.0 Å². The third-order valence-electron chi connectivity index (χ3n) is 3.43. The first kappa shape index (κ1) is 13.8. The van der Waals surface area contributed by atoms with Crippen LogP contribution in [-0.2, 0) is 6.42 Å². The number of rotatable bonds is 5. The fourth-order valence-corrected chi connectivity index (χ4v) is 3.15. The molecule has 0 bridgehead atoms. The van der Waals surface area contributed by atoms with Gasteiger partial charge >= 0.3 is 0 Å². The largest absolute Gasteiger partial charge is 0.494 e. The number of carbonyl (C=O) groups excluding carboxylic acids is 1. The van der Waals surface area contributed by atoms with Gasteiger partial charge in [-0.05, 0) is 37.1 Å². The summed E-state index contributed by atoms with van der Waals surface area (Å²) in [6.07, 6.45) is 3.61. The van der Waals surface area contributed by atoms with E-state index in [1.54, 1.807) is 0 Å². The number of aromatic nitrogens is 2. The summed E-state index contributed by atoms with van der Waals surface area (Å²) in [6, 6.07) is 5.98. The van der Waals surface area contributed by atoms with Crippen molar-refractivity contribution in [2.75, 3.05) is 6.61 Å². The van der Waals surface area contributed by atoms with Crippen LogP contribution in [0, 0.1) is 0 Å². The van der Waals surface area contributed by atoms with Crippen molar-refractivity contribution >= 4 is 22.6 Å². The van der Waals surface area contributed by atoms with Gasteiger partial charge in [0.1, 0.15) is 17.1 Å². The average Bonchev–Trinajstić information content (AvgIpc) is 3.08. The maximum absolute atomic E-state index is 11.4. The fourth-order valence-electron chi connectivity index (χ4n) is 2.43. The Balaban J connectivity index is 2.13. The first-order valence-corrected chi connectivity index (χ1v) is 7.83. The summed E-state index contributed by atoms with van der Waals surface area (Å²) < 4.78 is 7.45. The summed E-state index contributed by atoms with van der Waals surface area (Å²) in [7, 11) is 0. The van der Waals surface area contributed by atoms with Gasteiger partial charge in [0.05, 0.1) is 6.61 Å². The molecule has 0 saturated carbocycles. The quantitative estimate of drug-likeness (QED) is 0.672. The Morgan fingerprint density at radius 3 is 2.95 bits per heavy atom. The normalized spacial score (nSPS) is 11.0. The predicted octanol–water partition coefficient (Wildman–Crippen LogP) is 3.84. The summed E-state index contributed by atoms with van der Waals surface area (Å²) in [4.78, 5) is 16.8. The number of aryl methyl sites for hydroxylation is 1. The Bertz CT molecular complexity index is 789. The van der Waals surface area contributed by atoms with E-state index < -0.39 is 0 Å². The molecule has 0 atom stereocenters. The van der Waals surface area contributed by atoms with E-state index in [0.29, 0.717) is 12.3 Å². The van der Waals surface area contributed by atoms with Crippen LogP contribution in [-0.4, -0.2) is 22.3 Å². The predicted molar refractivity (Wildman–Crippen MR) is 84.4 cm³/mol. The smallest absolute Gasteiger partial charge is 0.194 e. The van der Waals surface area contributed by atoms with Gasteiger partial charge < -0.3 is 4.74 Å². The Morgan fingerprint density at radius 1 is 1.38 bits per heavy atom. The van der Waals surface area contributed by atoms with Gasteiger partial charge in [-0.3, -0.25) is 9.20 Å². The number of imidazole rings is 1. The van der Waals surface area contributed by atoms with Crippen LogP contribution < -0.4 is 4.74 Å². The number of thiazole rings is 1. The second kappa shape index (κ2) is 5.69. The number of nitrogens with zero attached hydrogens (tertiary/aromatic N) is 2. The number of carbonyl (C=O) groups is 1. The Kier molecular flexibility index (Phi) is 3.75. The second-order valence-electron chi connectivity index (χ2n) is 4.63. The van der Waals surface area contributed by atoms with Gasteiger partial charge in [0.15, 0.2) is 11.2 Å². The van der Waals surface area contributed by atoms with E-state index in [-0.39, 0.29) is 0 Å². The van der Waals surface area contributed by atoms with Gasteiger partial charge in [-0.1, -0.05) is 6.92 Å². The third-order valence-corrected chi connectivity index (χ3v) is 4.18. The van der Waals surface area contributed by atoms with Gasteiger partial charge in [-0.25, -0.2) is 4.98 Å². The maximum atomic E-state index is 11.4. The fraction of sp³-hybridized carbons (Fsp3) is 0.250. The molecule has 0 aliphatic carbocycles. The molecule has 0 radical (unpaired) electrons. The SMILES string of the molecule is CCOc1ccc(-c2nc3sccn3c2C=O)cc1CC. The molecule has 0 N–H and O–H groups in total. The molecule has 5 heteroatoms. The lowest BCUT2D eigenvalue weighted by Crippen LogP contribution is -1.97. The van der Waals surface area contributed by atoms with Crippen LogP contribution >= 0.6 is 11.3 Å². The first-order valence-electron chi connectivity index (χ1n) is 6.95. The standard InChI is InChI=1S/C16H16N2O2S/c1-3-11-9-12(5-6-14(11)20-4-2)15-13(10-19)18-7-8-21-16(18)17-15/h5-10H,3-4H2,1-2H3. The summed E-state index contributed by atoms with van der Waals surface area (Å²) in [5.41, 5.74) is 3.41. The molecule has 0 amide bonds. The minimum absolute atomic E-state index is 0.595. The van der Waals surface area contributed by atoms with Crippen LogP contribution in [0.4, 0.5) is 0 Å². The Morgan fingerprint density at radius 2 is 2.24 bits per heavy atom. The number of benzene rings is 1. The van der Waals surface area contributed by atoms with Crippen LogP contribution in [0.3, 0.4) is 0 Å². The molecule has 1 aromatic carbocycles. The molecule has 2 aromatic heterocycles. The van der Waals surface area contributed by atoms with Crippen LogP contribution in [0.25, 0.3) is 16.2 Å². The molecule has 0 fully saturated rings. The van der Waals surface area contributed by atoms with E-state index in [2.05, 4.69) is 18.0 Å². The second-order valence-corrected chi connectivity index (χ2v) is 5.50. The van der Waals surface area contributed by atoms with Gasteiger partial charge in [0, 0.05) is 17.1 Å². The van der Waals surface area contributed by atoms with Gasteiger partial charge in [0.25, 0.3) is 0 Å². The monoisotopic (exact) mass is 300 g/mol. The minimum atomic E-state index is 0.595. The van der Waals surface area contributed by atoms with Gasteiger partial charge in [-0.15, -0.1) is 11.3 Å². The highest BCUT2D eigenvalue weighted by Crippen LogP contribution is 2.30. The molecule has 3 aromatic rings. The molecule has 3 rings (SSSR count). The van der Waals surface area contributed by atoms with Crippen molar-refractivity contribution < 1.29 is 9.53 Å². The molecular weight excluding hydrogens is 284 g/mol. The molecule has 0 spiro atoms. The molecule has 0 unspecified atom stereocenters. The van der Waals surface area contributed by atoms with E-state index in [1.807, 2.05) is 35.0 Å². The number of ether oxygens (including phenoxy) is 1. The maximum Gasteiger partial charge on any atom is 0.194 e. The van der Waals surface area contributed by atoms with Crippen molar-refractivity contribution in [2.24, 2.45) is 0 Å². The molecule has 108 valence electrons. The van der Waals surface area contributed by atoms with Gasteiger partial charge in [0.2, 0.25) is 0 Å². The summed E-state index contributed by atoms with van der Waals surface area (Å²) in [5, 5.41) is 1.93. The lowest BCUT2D eigenvalue weighted by Gasteiger charge is -2.10. The van der Waals surface area contributed by atoms with Crippen LogP contribution in [0.15, 0.2) is 29.8 Å².